The molecule has 0 saturated carbocycles. The molecule has 4 heteroatoms. The van der Waals surface area contributed by atoms with Crippen LogP contribution in [0, 0.1) is 0 Å². The average molecular weight is 255 g/mol. The lowest BCUT2D eigenvalue weighted by molar-refractivity contribution is -0.116. The largest absolute Gasteiger partial charge is 0.375 e. The lowest BCUT2D eigenvalue weighted by atomic mass is 9.92. The molecule has 1 aliphatic carbocycles. The minimum Gasteiger partial charge on any atom is -0.375 e. The van der Waals surface area contributed by atoms with E-state index >= 15 is 0 Å². The number of rotatable bonds is 3. The number of carbonyl (C=O) groups is 1. The molecule has 0 bridgehead atoms. The van der Waals surface area contributed by atoms with E-state index in [2.05, 4.69) is 5.32 Å². The summed E-state index contributed by atoms with van der Waals surface area (Å²) in [5, 5.41) is 4.27. The number of carbonyl (C=O) groups excluding carboxylic acids is 1. The lowest BCUT2D eigenvalue weighted by Gasteiger charge is -2.21. The first-order valence-corrected chi connectivity index (χ1v) is 6.68. The Morgan fingerprint density at radius 3 is 2.89 bits per heavy atom. The van der Waals surface area contributed by atoms with Crippen molar-refractivity contribution < 1.29 is 4.79 Å². The number of nitrogens with zero attached hydrogens (tertiary/aromatic N) is 1. The Labute approximate surface area is 112 Å². The highest BCUT2D eigenvalue weighted by molar-refractivity contribution is 5.95. The molecule has 0 unspecified atom stereocenters. The molecule has 4 nitrogen and oxygen atoms in total. The van der Waals surface area contributed by atoms with Crippen LogP contribution in [0.15, 0.2) is 24.3 Å². The number of para-hydroxylation sites is 1. The van der Waals surface area contributed by atoms with Crippen LogP contribution < -0.4 is 11.1 Å². The Morgan fingerprint density at radius 2 is 2.05 bits per heavy atom. The molecule has 1 heterocycles. The van der Waals surface area contributed by atoms with Crippen molar-refractivity contribution in [2.45, 2.75) is 25.7 Å². The third-order valence-corrected chi connectivity index (χ3v) is 3.61. The summed E-state index contributed by atoms with van der Waals surface area (Å²) in [6.45, 7) is 0.167. The highest BCUT2D eigenvalue weighted by atomic mass is 16.1. The van der Waals surface area contributed by atoms with E-state index < -0.39 is 0 Å². The standard InChI is InChI=1S/C15H17N3O/c16-14(19)9-17-15-10-5-1-3-7-12(10)18-13-8-4-2-6-11(13)15/h1,3,5,7H,2,4,6,8-9H2,(H2,16,19)(H,17,18). The SMILES string of the molecule is NC(=O)CNc1c2c(nc3ccccc13)CCCC2. The minimum atomic E-state index is -0.342. The molecule has 0 radical (unpaired) electrons. The summed E-state index contributed by atoms with van der Waals surface area (Å²) in [7, 11) is 0. The molecular weight excluding hydrogens is 238 g/mol. The first-order valence-electron chi connectivity index (χ1n) is 6.68. The maximum Gasteiger partial charge on any atom is 0.236 e. The van der Waals surface area contributed by atoms with Crippen LogP contribution in [0.25, 0.3) is 10.9 Å². The van der Waals surface area contributed by atoms with Gasteiger partial charge in [0, 0.05) is 16.8 Å². The minimum absolute atomic E-state index is 0.167. The number of hydrogen-bond donors (Lipinski definition) is 2. The van der Waals surface area contributed by atoms with Crippen LogP contribution in [0.2, 0.25) is 0 Å². The summed E-state index contributed by atoms with van der Waals surface area (Å²) in [6.07, 6.45) is 4.41. The van der Waals surface area contributed by atoms with E-state index in [0.717, 1.165) is 35.1 Å². The highest BCUT2D eigenvalue weighted by Crippen LogP contribution is 2.32. The van der Waals surface area contributed by atoms with Crippen molar-refractivity contribution in [3.8, 4) is 0 Å². The molecule has 0 saturated heterocycles. The topological polar surface area (TPSA) is 68.0 Å². The van der Waals surface area contributed by atoms with Crippen LogP contribution >= 0.6 is 0 Å². The van der Waals surface area contributed by atoms with Crippen LogP contribution in [-0.2, 0) is 17.6 Å². The summed E-state index contributed by atoms with van der Waals surface area (Å²) in [5.41, 5.74) is 9.69. The van der Waals surface area contributed by atoms with Crippen molar-refractivity contribution in [1.82, 2.24) is 4.98 Å². The summed E-state index contributed by atoms with van der Waals surface area (Å²) < 4.78 is 0. The highest BCUT2D eigenvalue weighted by Gasteiger charge is 2.17. The van der Waals surface area contributed by atoms with Gasteiger partial charge in [0.1, 0.15) is 0 Å². The predicted octanol–water partition coefficient (Wildman–Crippen LogP) is 2.01. The Kier molecular flexibility index (Phi) is 3.07. The van der Waals surface area contributed by atoms with Crippen LogP contribution in [0.1, 0.15) is 24.1 Å². The summed E-state index contributed by atoms with van der Waals surface area (Å²) in [5.74, 6) is -0.342. The first-order chi connectivity index (χ1) is 9.25. The Morgan fingerprint density at radius 1 is 1.26 bits per heavy atom. The van der Waals surface area contributed by atoms with Gasteiger partial charge in [-0.1, -0.05) is 18.2 Å². The van der Waals surface area contributed by atoms with Crippen molar-refractivity contribution in [3.05, 3.63) is 35.5 Å². The molecule has 3 N–H and O–H groups in total. The molecule has 0 aliphatic heterocycles. The van der Waals surface area contributed by atoms with Crippen LogP contribution in [0.3, 0.4) is 0 Å². The molecule has 0 atom stereocenters. The molecule has 0 spiro atoms. The van der Waals surface area contributed by atoms with Gasteiger partial charge in [-0.2, -0.15) is 0 Å². The maximum atomic E-state index is 11.0. The van der Waals surface area contributed by atoms with Crippen molar-refractivity contribution >= 4 is 22.5 Å². The number of hydrogen-bond acceptors (Lipinski definition) is 3. The number of amides is 1. The molecule has 1 aliphatic rings. The molecular formula is C15H17N3O. The van der Waals surface area contributed by atoms with E-state index in [1.807, 2.05) is 24.3 Å². The number of nitrogens with two attached hydrogens (primary N) is 1. The second kappa shape index (κ2) is 4.88. The predicted molar refractivity (Wildman–Crippen MR) is 76.1 cm³/mol. The zero-order valence-corrected chi connectivity index (χ0v) is 10.8. The number of anilines is 1. The molecule has 3 rings (SSSR count). The van der Waals surface area contributed by atoms with Gasteiger partial charge >= 0.3 is 0 Å². The van der Waals surface area contributed by atoms with Gasteiger partial charge in [-0.3, -0.25) is 9.78 Å². The second-order valence-corrected chi connectivity index (χ2v) is 4.96. The first kappa shape index (κ1) is 12.0. The number of fused-ring (bicyclic) bond motifs is 2. The average Bonchev–Trinajstić information content (AvgIpc) is 2.43. The van der Waals surface area contributed by atoms with Gasteiger partial charge in [0.25, 0.3) is 0 Å². The zero-order chi connectivity index (χ0) is 13.2. The van der Waals surface area contributed by atoms with Crippen LogP contribution in [0.5, 0.6) is 0 Å². The van der Waals surface area contributed by atoms with E-state index in [1.54, 1.807) is 0 Å². The fourth-order valence-corrected chi connectivity index (χ4v) is 2.75. The smallest absolute Gasteiger partial charge is 0.236 e. The second-order valence-electron chi connectivity index (χ2n) is 4.96. The van der Waals surface area contributed by atoms with E-state index in [-0.39, 0.29) is 12.5 Å². The number of pyridine rings is 1. The van der Waals surface area contributed by atoms with Crippen LogP contribution in [-0.4, -0.2) is 17.4 Å². The quantitative estimate of drug-likeness (QED) is 0.881. The summed E-state index contributed by atoms with van der Waals surface area (Å²) >= 11 is 0. The van der Waals surface area contributed by atoms with E-state index in [4.69, 9.17) is 10.7 Å². The molecule has 1 amide bonds. The number of aromatic nitrogens is 1. The third-order valence-electron chi connectivity index (χ3n) is 3.61. The molecule has 19 heavy (non-hydrogen) atoms. The maximum absolute atomic E-state index is 11.0. The molecule has 98 valence electrons. The number of primary amides is 1. The van der Waals surface area contributed by atoms with E-state index in [9.17, 15) is 4.79 Å². The van der Waals surface area contributed by atoms with Gasteiger partial charge in [0.05, 0.1) is 12.1 Å². The number of benzene rings is 1. The third kappa shape index (κ3) is 2.26. The van der Waals surface area contributed by atoms with Crippen molar-refractivity contribution in [2.24, 2.45) is 5.73 Å². The molecule has 2 aromatic rings. The van der Waals surface area contributed by atoms with E-state index in [0.29, 0.717) is 0 Å². The zero-order valence-electron chi connectivity index (χ0n) is 10.8. The van der Waals surface area contributed by atoms with Crippen molar-refractivity contribution in [3.63, 3.8) is 0 Å². The van der Waals surface area contributed by atoms with Gasteiger partial charge in [-0.15, -0.1) is 0 Å². The molecule has 0 fully saturated rings. The Balaban J connectivity index is 2.16. The molecule has 1 aromatic carbocycles. The fraction of sp³-hybridized carbons (Fsp3) is 0.333. The van der Waals surface area contributed by atoms with Crippen molar-refractivity contribution in [2.75, 3.05) is 11.9 Å². The van der Waals surface area contributed by atoms with Crippen LogP contribution in [0.4, 0.5) is 5.69 Å². The van der Waals surface area contributed by atoms with Gasteiger partial charge in [0.2, 0.25) is 5.91 Å². The summed E-state index contributed by atoms with van der Waals surface area (Å²) in [6, 6.07) is 8.04. The normalized spacial score (nSPS) is 14.1. The van der Waals surface area contributed by atoms with Gasteiger partial charge in [-0.25, -0.2) is 0 Å². The van der Waals surface area contributed by atoms with Gasteiger partial charge in [-0.05, 0) is 37.3 Å². The molecule has 1 aromatic heterocycles. The summed E-state index contributed by atoms with van der Waals surface area (Å²) in [4.78, 5) is 15.8. The van der Waals surface area contributed by atoms with Crippen molar-refractivity contribution in [1.29, 1.82) is 0 Å². The Bertz CT molecular complexity index is 637. The lowest BCUT2D eigenvalue weighted by Crippen LogP contribution is -2.23. The van der Waals surface area contributed by atoms with E-state index in [1.165, 1.54) is 18.4 Å². The van der Waals surface area contributed by atoms with Gasteiger partial charge < -0.3 is 11.1 Å². The monoisotopic (exact) mass is 255 g/mol. The number of nitrogens with one attached hydrogen (secondary N) is 1. The fourth-order valence-electron chi connectivity index (χ4n) is 2.75. The Hall–Kier alpha value is -2.10. The van der Waals surface area contributed by atoms with Gasteiger partial charge in [0.15, 0.2) is 0 Å². The number of aryl methyl sites for hydroxylation is 1.